The standard InChI is InChI=1S/C12H11NO3/c14-8-10(9-4-2-1-3-5-9)13-11(15)6-7-12(13)16/h1-7,10,14H,8H2/t10-/m1/s1. The molecule has 1 aromatic carbocycles. The number of hydrogen-bond acceptors (Lipinski definition) is 3. The first-order chi connectivity index (χ1) is 7.74. The fourth-order valence-corrected chi connectivity index (χ4v) is 1.73. The molecule has 0 unspecified atom stereocenters. The average Bonchev–Trinajstić information content (AvgIpc) is 2.63. The summed E-state index contributed by atoms with van der Waals surface area (Å²) in [5, 5.41) is 9.30. The third-order valence-corrected chi connectivity index (χ3v) is 2.51. The van der Waals surface area contributed by atoms with Crippen molar-refractivity contribution in [1.82, 2.24) is 4.90 Å². The van der Waals surface area contributed by atoms with Gasteiger partial charge in [0, 0.05) is 12.2 Å². The summed E-state index contributed by atoms with van der Waals surface area (Å²) in [6.45, 7) is -0.275. The smallest absolute Gasteiger partial charge is 0.254 e. The maximum atomic E-state index is 11.5. The zero-order chi connectivity index (χ0) is 11.5. The largest absolute Gasteiger partial charge is 0.394 e. The Labute approximate surface area is 92.8 Å². The number of carbonyl (C=O) groups is 2. The molecule has 4 heteroatoms. The maximum Gasteiger partial charge on any atom is 0.254 e. The lowest BCUT2D eigenvalue weighted by Crippen LogP contribution is -2.36. The van der Waals surface area contributed by atoms with Crippen molar-refractivity contribution in [3.05, 3.63) is 48.0 Å². The minimum Gasteiger partial charge on any atom is -0.394 e. The van der Waals surface area contributed by atoms with Gasteiger partial charge in [0.15, 0.2) is 0 Å². The first-order valence-electron chi connectivity index (χ1n) is 4.95. The molecule has 16 heavy (non-hydrogen) atoms. The van der Waals surface area contributed by atoms with Gasteiger partial charge in [0.25, 0.3) is 11.8 Å². The number of nitrogens with zero attached hydrogens (tertiary/aromatic N) is 1. The third kappa shape index (κ3) is 1.75. The van der Waals surface area contributed by atoms with Crippen LogP contribution in [0.5, 0.6) is 0 Å². The molecular weight excluding hydrogens is 206 g/mol. The molecule has 82 valence electrons. The molecule has 1 aliphatic heterocycles. The van der Waals surface area contributed by atoms with Crippen molar-refractivity contribution in [2.24, 2.45) is 0 Å². The van der Waals surface area contributed by atoms with E-state index in [9.17, 15) is 14.7 Å². The first kappa shape index (κ1) is 10.6. The molecule has 1 heterocycles. The molecule has 0 saturated heterocycles. The Bertz CT molecular complexity index is 421. The predicted octanol–water partition coefficient (Wildman–Crippen LogP) is 0.645. The number of amides is 2. The van der Waals surface area contributed by atoms with Gasteiger partial charge in [0.05, 0.1) is 12.6 Å². The van der Waals surface area contributed by atoms with Gasteiger partial charge in [-0.25, -0.2) is 0 Å². The van der Waals surface area contributed by atoms with E-state index in [1.54, 1.807) is 24.3 Å². The van der Waals surface area contributed by atoms with Gasteiger partial charge >= 0.3 is 0 Å². The predicted molar refractivity (Wildman–Crippen MR) is 57.3 cm³/mol. The van der Waals surface area contributed by atoms with E-state index in [1.165, 1.54) is 12.2 Å². The highest BCUT2D eigenvalue weighted by Crippen LogP contribution is 2.23. The molecule has 1 atom stereocenters. The zero-order valence-electron chi connectivity index (χ0n) is 8.54. The Morgan fingerprint density at radius 2 is 1.62 bits per heavy atom. The summed E-state index contributed by atoms with van der Waals surface area (Å²) in [5.74, 6) is -0.763. The summed E-state index contributed by atoms with van der Waals surface area (Å²) in [7, 11) is 0. The van der Waals surface area contributed by atoms with Crippen LogP contribution in [0.2, 0.25) is 0 Å². The lowest BCUT2D eigenvalue weighted by atomic mass is 10.1. The van der Waals surface area contributed by atoms with E-state index in [-0.39, 0.29) is 18.4 Å². The van der Waals surface area contributed by atoms with Gasteiger partial charge in [-0.2, -0.15) is 0 Å². The molecule has 1 aliphatic rings. The molecule has 2 rings (SSSR count). The van der Waals surface area contributed by atoms with Crippen molar-refractivity contribution in [1.29, 1.82) is 0 Å². The highest BCUT2D eigenvalue weighted by atomic mass is 16.3. The monoisotopic (exact) mass is 217 g/mol. The first-order valence-corrected chi connectivity index (χ1v) is 4.95. The molecule has 1 aromatic rings. The molecule has 2 amide bonds. The van der Waals surface area contributed by atoms with Gasteiger partial charge in [0.1, 0.15) is 0 Å². The summed E-state index contributed by atoms with van der Waals surface area (Å²) in [6, 6.07) is 8.40. The van der Waals surface area contributed by atoms with Gasteiger partial charge in [-0.15, -0.1) is 0 Å². The van der Waals surface area contributed by atoms with Gasteiger partial charge < -0.3 is 5.11 Å². The van der Waals surface area contributed by atoms with Crippen molar-refractivity contribution in [3.8, 4) is 0 Å². The lowest BCUT2D eigenvalue weighted by molar-refractivity contribution is -0.140. The van der Waals surface area contributed by atoms with Gasteiger partial charge in [-0.1, -0.05) is 30.3 Å². The van der Waals surface area contributed by atoms with E-state index >= 15 is 0 Å². The summed E-state index contributed by atoms with van der Waals surface area (Å²) in [4.78, 5) is 24.0. The average molecular weight is 217 g/mol. The maximum absolute atomic E-state index is 11.5. The number of imide groups is 1. The molecule has 0 bridgehead atoms. The zero-order valence-corrected chi connectivity index (χ0v) is 8.54. The van der Waals surface area contributed by atoms with Crippen LogP contribution in [0.25, 0.3) is 0 Å². The molecular formula is C12H11NO3. The SMILES string of the molecule is O=C1C=CC(=O)N1[C@H](CO)c1ccccc1. The minimum atomic E-state index is -0.601. The molecule has 4 nitrogen and oxygen atoms in total. The second-order valence-corrected chi connectivity index (χ2v) is 3.49. The molecule has 1 N–H and O–H groups in total. The minimum absolute atomic E-state index is 0.275. The van der Waals surface area contributed by atoms with E-state index in [0.717, 1.165) is 10.5 Å². The van der Waals surface area contributed by atoms with Crippen LogP contribution < -0.4 is 0 Å². The van der Waals surface area contributed by atoms with E-state index in [0.29, 0.717) is 0 Å². The third-order valence-electron chi connectivity index (χ3n) is 2.51. The Balaban J connectivity index is 2.31. The van der Waals surface area contributed by atoms with Crippen LogP contribution in [-0.2, 0) is 9.59 Å². The van der Waals surface area contributed by atoms with Crippen molar-refractivity contribution >= 4 is 11.8 Å². The van der Waals surface area contributed by atoms with Crippen LogP contribution >= 0.6 is 0 Å². The van der Waals surface area contributed by atoms with E-state index in [1.807, 2.05) is 6.07 Å². The summed E-state index contributed by atoms with van der Waals surface area (Å²) >= 11 is 0. The molecule has 0 fully saturated rings. The normalized spacial score (nSPS) is 16.9. The number of carbonyl (C=O) groups excluding carboxylic acids is 2. The van der Waals surface area contributed by atoms with Gasteiger partial charge in [-0.05, 0) is 5.56 Å². The van der Waals surface area contributed by atoms with Crippen molar-refractivity contribution in [2.45, 2.75) is 6.04 Å². The second-order valence-electron chi connectivity index (χ2n) is 3.49. The summed E-state index contributed by atoms with van der Waals surface area (Å²) in [6.07, 6.45) is 2.43. The van der Waals surface area contributed by atoms with E-state index in [2.05, 4.69) is 0 Å². The topological polar surface area (TPSA) is 57.6 Å². The van der Waals surface area contributed by atoms with E-state index < -0.39 is 6.04 Å². The van der Waals surface area contributed by atoms with Crippen LogP contribution in [0.4, 0.5) is 0 Å². The van der Waals surface area contributed by atoms with E-state index in [4.69, 9.17) is 0 Å². The quantitative estimate of drug-likeness (QED) is 0.756. The number of aliphatic hydroxyl groups is 1. The fourth-order valence-electron chi connectivity index (χ4n) is 1.73. The Morgan fingerprint density at radius 1 is 1.06 bits per heavy atom. The Hall–Kier alpha value is -1.94. The van der Waals surface area contributed by atoms with Crippen molar-refractivity contribution < 1.29 is 14.7 Å². The molecule has 0 saturated carbocycles. The van der Waals surface area contributed by atoms with Crippen molar-refractivity contribution in [2.75, 3.05) is 6.61 Å². The molecule has 0 radical (unpaired) electrons. The van der Waals surface area contributed by atoms with Crippen LogP contribution in [0.15, 0.2) is 42.5 Å². The Morgan fingerprint density at radius 3 is 2.12 bits per heavy atom. The number of hydrogen-bond donors (Lipinski definition) is 1. The highest BCUT2D eigenvalue weighted by molar-refractivity contribution is 6.13. The summed E-state index contributed by atoms with van der Waals surface area (Å²) < 4.78 is 0. The molecule has 0 aliphatic carbocycles. The molecule has 0 aromatic heterocycles. The summed E-state index contributed by atoms with van der Waals surface area (Å²) in [5.41, 5.74) is 0.746. The van der Waals surface area contributed by atoms with Crippen LogP contribution in [0, 0.1) is 0 Å². The second kappa shape index (κ2) is 4.28. The van der Waals surface area contributed by atoms with Crippen LogP contribution in [0.1, 0.15) is 11.6 Å². The van der Waals surface area contributed by atoms with Crippen LogP contribution in [-0.4, -0.2) is 28.4 Å². The lowest BCUT2D eigenvalue weighted by Gasteiger charge is -2.24. The Kier molecular flexibility index (Phi) is 2.83. The van der Waals surface area contributed by atoms with Crippen molar-refractivity contribution in [3.63, 3.8) is 0 Å². The van der Waals surface area contributed by atoms with Gasteiger partial charge in [-0.3, -0.25) is 14.5 Å². The van der Waals surface area contributed by atoms with Gasteiger partial charge in [0.2, 0.25) is 0 Å². The highest BCUT2D eigenvalue weighted by Gasteiger charge is 2.31. The number of benzene rings is 1. The number of aliphatic hydroxyl groups excluding tert-OH is 1. The van der Waals surface area contributed by atoms with Crippen LogP contribution in [0.3, 0.4) is 0 Å². The molecule has 0 spiro atoms. The fraction of sp³-hybridized carbons (Fsp3) is 0.167. The number of rotatable bonds is 3.